The summed E-state index contributed by atoms with van der Waals surface area (Å²) >= 11 is 4.26. The SMILES string of the molecule is C=CCOc1c(Br)cc(/C=C2/SC(=O)N(CC(=O)Nc3ccc(C)c(C)c3)C2=O)cc1OCC. The maximum absolute atomic E-state index is 12.9. The minimum absolute atomic E-state index is 0.220. The summed E-state index contributed by atoms with van der Waals surface area (Å²) in [5, 5.41) is 2.24. The molecule has 2 aromatic rings. The Morgan fingerprint density at radius 3 is 2.62 bits per heavy atom. The van der Waals surface area contributed by atoms with E-state index in [2.05, 4.69) is 27.8 Å². The number of benzene rings is 2. The zero-order chi connectivity index (χ0) is 24.8. The van der Waals surface area contributed by atoms with E-state index in [0.717, 1.165) is 27.8 Å². The second kappa shape index (κ2) is 11.4. The fraction of sp³-hybridized carbons (Fsp3) is 0.240. The molecular formula is C25H25BrN2O5S. The molecule has 1 heterocycles. The lowest BCUT2D eigenvalue weighted by Crippen LogP contribution is -2.36. The number of rotatable bonds is 9. The number of thioether (sulfide) groups is 1. The van der Waals surface area contributed by atoms with Crippen LogP contribution in [-0.2, 0) is 9.59 Å². The molecule has 9 heteroatoms. The maximum Gasteiger partial charge on any atom is 0.294 e. The molecule has 2 aromatic carbocycles. The van der Waals surface area contributed by atoms with Gasteiger partial charge in [-0.1, -0.05) is 18.7 Å². The lowest BCUT2D eigenvalue weighted by atomic mass is 10.1. The lowest BCUT2D eigenvalue weighted by Gasteiger charge is -2.14. The Hall–Kier alpha value is -3.04. The van der Waals surface area contributed by atoms with Gasteiger partial charge in [0.25, 0.3) is 11.1 Å². The molecule has 0 unspecified atom stereocenters. The van der Waals surface area contributed by atoms with Crippen molar-refractivity contribution in [2.75, 3.05) is 25.1 Å². The monoisotopic (exact) mass is 544 g/mol. The van der Waals surface area contributed by atoms with Crippen LogP contribution in [0.25, 0.3) is 6.08 Å². The number of nitrogens with zero attached hydrogens (tertiary/aromatic N) is 1. The van der Waals surface area contributed by atoms with Gasteiger partial charge in [0.1, 0.15) is 13.2 Å². The lowest BCUT2D eigenvalue weighted by molar-refractivity contribution is -0.127. The van der Waals surface area contributed by atoms with Crippen LogP contribution in [0.3, 0.4) is 0 Å². The second-order valence-electron chi connectivity index (χ2n) is 7.48. The largest absolute Gasteiger partial charge is 0.490 e. The van der Waals surface area contributed by atoms with E-state index < -0.39 is 17.1 Å². The number of anilines is 1. The molecule has 1 N–H and O–H groups in total. The molecule has 0 spiro atoms. The number of amides is 3. The van der Waals surface area contributed by atoms with Crippen LogP contribution < -0.4 is 14.8 Å². The molecule has 0 bridgehead atoms. The molecule has 178 valence electrons. The Balaban J connectivity index is 1.76. The number of halogens is 1. The summed E-state index contributed by atoms with van der Waals surface area (Å²) in [6.07, 6.45) is 3.22. The van der Waals surface area contributed by atoms with E-state index in [1.165, 1.54) is 0 Å². The predicted octanol–water partition coefficient (Wildman–Crippen LogP) is 5.70. The third-order valence-corrected chi connectivity index (χ3v) is 6.44. The summed E-state index contributed by atoms with van der Waals surface area (Å²) in [5.41, 5.74) is 3.40. The van der Waals surface area contributed by atoms with Gasteiger partial charge in [-0.3, -0.25) is 19.3 Å². The quantitative estimate of drug-likeness (QED) is 0.321. The van der Waals surface area contributed by atoms with Crippen LogP contribution in [0.4, 0.5) is 10.5 Å². The van der Waals surface area contributed by atoms with E-state index in [1.807, 2.05) is 32.9 Å². The van der Waals surface area contributed by atoms with Crippen LogP contribution in [0.5, 0.6) is 11.5 Å². The third kappa shape index (κ3) is 6.09. The van der Waals surface area contributed by atoms with E-state index in [1.54, 1.807) is 30.4 Å². The highest BCUT2D eigenvalue weighted by Gasteiger charge is 2.36. The van der Waals surface area contributed by atoms with Crippen molar-refractivity contribution in [3.05, 3.63) is 69.1 Å². The number of imide groups is 1. The van der Waals surface area contributed by atoms with Crippen molar-refractivity contribution in [3.63, 3.8) is 0 Å². The molecule has 1 fully saturated rings. The van der Waals surface area contributed by atoms with E-state index in [0.29, 0.717) is 40.4 Å². The molecule has 0 atom stereocenters. The molecule has 7 nitrogen and oxygen atoms in total. The van der Waals surface area contributed by atoms with Crippen molar-refractivity contribution in [1.82, 2.24) is 4.90 Å². The molecule has 3 amide bonds. The van der Waals surface area contributed by atoms with Gasteiger partial charge in [0.2, 0.25) is 5.91 Å². The first-order valence-electron chi connectivity index (χ1n) is 10.6. The van der Waals surface area contributed by atoms with Gasteiger partial charge in [-0.2, -0.15) is 0 Å². The van der Waals surface area contributed by atoms with E-state index in [-0.39, 0.29) is 11.4 Å². The van der Waals surface area contributed by atoms with Gasteiger partial charge >= 0.3 is 0 Å². The summed E-state index contributed by atoms with van der Waals surface area (Å²) in [5.74, 6) is 0.0511. The summed E-state index contributed by atoms with van der Waals surface area (Å²) in [6, 6.07) is 9.02. The van der Waals surface area contributed by atoms with Crippen molar-refractivity contribution in [2.24, 2.45) is 0 Å². The molecule has 0 aromatic heterocycles. The first-order valence-corrected chi connectivity index (χ1v) is 12.2. The average molecular weight is 545 g/mol. The number of carbonyl (C=O) groups excluding carboxylic acids is 3. The number of aryl methyl sites for hydroxylation is 2. The van der Waals surface area contributed by atoms with Crippen molar-refractivity contribution >= 4 is 56.5 Å². The predicted molar refractivity (Wildman–Crippen MR) is 138 cm³/mol. The highest BCUT2D eigenvalue weighted by molar-refractivity contribution is 9.10. The van der Waals surface area contributed by atoms with Crippen LogP contribution in [0.15, 0.2) is 52.4 Å². The maximum atomic E-state index is 12.9. The molecule has 0 saturated carbocycles. The Labute approximate surface area is 211 Å². The third-order valence-electron chi connectivity index (χ3n) is 4.94. The van der Waals surface area contributed by atoms with Gasteiger partial charge in [0, 0.05) is 5.69 Å². The number of nitrogens with one attached hydrogen (secondary N) is 1. The fourth-order valence-corrected chi connectivity index (χ4v) is 4.58. The number of carbonyl (C=O) groups is 3. The van der Waals surface area contributed by atoms with Crippen molar-refractivity contribution < 1.29 is 23.9 Å². The number of ether oxygens (including phenoxy) is 2. The molecule has 1 saturated heterocycles. The summed E-state index contributed by atoms with van der Waals surface area (Å²) < 4.78 is 12.0. The first kappa shape index (κ1) is 25.6. The van der Waals surface area contributed by atoms with Crippen molar-refractivity contribution in [2.45, 2.75) is 20.8 Å². The smallest absolute Gasteiger partial charge is 0.294 e. The molecule has 1 aliphatic heterocycles. The van der Waals surface area contributed by atoms with Crippen LogP contribution in [0, 0.1) is 13.8 Å². The Morgan fingerprint density at radius 2 is 1.94 bits per heavy atom. The minimum Gasteiger partial charge on any atom is -0.490 e. The summed E-state index contributed by atoms with van der Waals surface area (Å²) in [4.78, 5) is 39.0. The van der Waals surface area contributed by atoms with Gasteiger partial charge in [0.05, 0.1) is 16.0 Å². The summed E-state index contributed by atoms with van der Waals surface area (Å²) in [7, 11) is 0. The van der Waals surface area contributed by atoms with Crippen LogP contribution in [0.1, 0.15) is 23.6 Å². The highest BCUT2D eigenvalue weighted by Crippen LogP contribution is 2.39. The first-order chi connectivity index (χ1) is 16.2. The number of hydrogen-bond donors (Lipinski definition) is 1. The molecule has 1 aliphatic rings. The molecule has 0 radical (unpaired) electrons. The topological polar surface area (TPSA) is 84.9 Å². The van der Waals surface area contributed by atoms with Gasteiger partial charge in [-0.05, 0) is 95.5 Å². The zero-order valence-corrected chi connectivity index (χ0v) is 21.5. The van der Waals surface area contributed by atoms with Crippen LogP contribution in [-0.4, -0.2) is 41.7 Å². The zero-order valence-electron chi connectivity index (χ0n) is 19.1. The number of hydrogen-bond acceptors (Lipinski definition) is 6. The summed E-state index contributed by atoms with van der Waals surface area (Å²) in [6.45, 7) is 9.79. The Kier molecular flexibility index (Phi) is 8.57. The van der Waals surface area contributed by atoms with Crippen molar-refractivity contribution in [1.29, 1.82) is 0 Å². The van der Waals surface area contributed by atoms with E-state index in [9.17, 15) is 14.4 Å². The second-order valence-corrected chi connectivity index (χ2v) is 9.33. The van der Waals surface area contributed by atoms with E-state index in [4.69, 9.17) is 9.47 Å². The minimum atomic E-state index is -0.522. The van der Waals surface area contributed by atoms with Gasteiger partial charge in [0.15, 0.2) is 11.5 Å². The van der Waals surface area contributed by atoms with Gasteiger partial charge in [-0.15, -0.1) is 0 Å². The van der Waals surface area contributed by atoms with Crippen LogP contribution >= 0.6 is 27.7 Å². The fourth-order valence-electron chi connectivity index (χ4n) is 3.17. The Bertz CT molecular complexity index is 1180. The van der Waals surface area contributed by atoms with Gasteiger partial charge < -0.3 is 14.8 Å². The molecular weight excluding hydrogens is 520 g/mol. The van der Waals surface area contributed by atoms with Crippen molar-refractivity contribution in [3.8, 4) is 11.5 Å². The molecule has 3 rings (SSSR count). The standard InChI is InChI=1S/C25H25BrN2O5S/c1-5-9-33-23-19(26)11-17(12-20(23)32-6-2)13-21-24(30)28(25(31)34-21)14-22(29)27-18-8-7-15(3)16(4)10-18/h5,7-8,10-13H,1,6,9,14H2,2-4H3,(H,27,29)/b21-13+. The normalized spacial score (nSPS) is 14.5. The van der Waals surface area contributed by atoms with Gasteiger partial charge in [-0.25, -0.2) is 0 Å². The molecule has 0 aliphatic carbocycles. The van der Waals surface area contributed by atoms with Crippen LogP contribution in [0.2, 0.25) is 0 Å². The Morgan fingerprint density at radius 1 is 1.18 bits per heavy atom. The highest BCUT2D eigenvalue weighted by atomic mass is 79.9. The van der Waals surface area contributed by atoms with E-state index >= 15 is 0 Å². The molecule has 34 heavy (non-hydrogen) atoms. The average Bonchev–Trinajstić information content (AvgIpc) is 3.03.